The molecule has 0 bridgehead atoms. The van der Waals surface area contributed by atoms with E-state index >= 15 is 0 Å². The van der Waals surface area contributed by atoms with E-state index in [1.165, 1.54) is 10.9 Å². The molecule has 5 rings (SSSR count). The van der Waals surface area contributed by atoms with Crippen molar-refractivity contribution in [1.29, 1.82) is 0 Å². The van der Waals surface area contributed by atoms with Crippen molar-refractivity contribution >= 4 is 28.6 Å². The first-order valence-corrected chi connectivity index (χ1v) is 12.0. The standard InChI is InChI=1S/C23H25F5N8O/c1-21(11-6-4-3-5-7-11)14-16(29)33-18(34-17(14)35-20(21)37)15-12-10-30-36(2)19(12)32-13(31-15)8-9-22(24,25)23(26,27)28/h10-11H,3-9H2,1-2H3,(H3,29,33,34,35,37). The number of nitrogens with one attached hydrogen (secondary N) is 1. The fourth-order valence-electron chi connectivity index (χ4n) is 5.37. The quantitative estimate of drug-likeness (QED) is 0.476. The molecule has 3 aromatic heterocycles. The van der Waals surface area contributed by atoms with Gasteiger partial charge in [0.1, 0.15) is 23.2 Å². The van der Waals surface area contributed by atoms with Crippen LogP contribution in [0.2, 0.25) is 0 Å². The molecule has 3 aromatic rings. The van der Waals surface area contributed by atoms with Gasteiger partial charge < -0.3 is 11.1 Å². The molecule has 198 valence electrons. The molecule has 2 aliphatic rings. The molecular formula is C23H25F5N8O. The van der Waals surface area contributed by atoms with Gasteiger partial charge in [-0.2, -0.15) is 27.1 Å². The highest BCUT2D eigenvalue weighted by molar-refractivity contribution is 6.07. The summed E-state index contributed by atoms with van der Waals surface area (Å²) in [7, 11) is 1.54. The maximum atomic E-state index is 13.6. The van der Waals surface area contributed by atoms with Crippen LogP contribution in [0, 0.1) is 5.92 Å². The number of hydrogen-bond donors (Lipinski definition) is 2. The number of carbonyl (C=O) groups is 1. The lowest BCUT2D eigenvalue weighted by Gasteiger charge is -2.35. The van der Waals surface area contributed by atoms with Crippen molar-refractivity contribution in [1.82, 2.24) is 29.7 Å². The van der Waals surface area contributed by atoms with Gasteiger partial charge in [0, 0.05) is 19.9 Å². The Kier molecular flexibility index (Phi) is 5.83. The Morgan fingerprint density at radius 1 is 1.11 bits per heavy atom. The van der Waals surface area contributed by atoms with Crippen molar-refractivity contribution < 1.29 is 26.7 Å². The van der Waals surface area contributed by atoms with E-state index in [-0.39, 0.29) is 46.5 Å². The first-order chi connectivity index (χ1) is 17.3. The number of nitrogen functional groups attached to an aromatic ring is 1. The molecule has 0 saturated heterocycles. The zero-order chi connectivity index (χ0) is 26.8. The van der Waals surface area contributed by atoms with Crippen LogP contribution in [0.25, 0.3) is 22.6 Å². The number of nitrogens with zero attached hydrogens (tertiary/aromatic N) is 6. The molecule has 0 aromatic carbocycles. The van der Waals surface area contributed by atoms with Crippen LogP contribution in [-0.4, -0.2) is 47.7 Å². The van der Waals surface area contributed by atoms with Gasteiger partial charge in [-0.3, -0.25) is 9.48 Å². The number of carbonyl (C=O) groups excluding carboxylic acids is 1. The molecule has 1 aliphatic carbocycles. The van der Waals surface area contributed by atoms with E-state index in [4.69, 9.17) is 5.73 Å². The van der Waals surface area contributed by atoms with Crippen LogP contribution < -0.4 is 11.1 Å². The lowest BCUT2D eigenvalue weighted by atomic mass is 9.67. The average Bonchev–Trinajstić information content (AvgIpc) is 3.34. The monoisotopic (exact) mass is 524 g/mol. The Hall–Kier alpha value is -3.45. The first-order valence-electron chi connectivity index (χ1n) is 12.0. The number of fused-ring (bicyclic) bond motifs is 2. The van der Waals surface area contributed by atoms with Gasteiger partial charge in [0.25, 0.3) is 0 Å². The number of aromatic nitrogens is 6. The van der Waals surface area contributed by atoms with E-state index in [2.05, 4.69) is 30.4 Å². The smallest absolute Gasteiger partial charge is 0.383 e. The van der Waals surface area contributed by atoms with Gasteiger partial charge in [0.2, 0.25) is 5.91 Å². The van der Waals surface area contributed by atoms with Crippen molar-refractivity contribution in [2.45, 2.75) is 69.4 Å². The highest BCUT2D eigenvalue weighted by Crippen LogP contribution is 2.49. The van der Waals surface area contributed by atoms with Crippen molar-refractivity contribution in [2.24, 2.45) is 13.0 Å². The van der Waals surface area contributed by atoms with E-state index in [0.29, 0.717) is 10.9 Å². The van der Waals surface area contributed by atoms with Crippen LogP contribution in [0.5, 0.6) is 0 Å². The lowest BCUT2D eigenvalue weighted by Crippen LogP contribution is -2.40. The van der Waals surface area contributed by atoms with Crippen LogP contribution >= 0.6 is 0 Å². The third-order valence-corrected chi connectivity index (χ3v) is 7.51. The van der Waals surface area contributed by atoms with E-state index in [1.807, 2.05) is 6.92 Å². The van der Waals surface area contributed by atoms with Crippen molar-refractivity contribution in [3.05, 3.63) is 17.6 Å². The molecule has 37 heavy (non-hydrogen) atoms. The second kappa shape index (κ2) is 8.55. The van der Waals surface area contributed by atoms with Gasteiger partial charge >= 0.3 is 12.1 Å². The van der Waals surface area contributed by atoms with Gasteiger partial charge in [-0.15, -0.1) is 0 Å². The molecule has 1 saturated carbocycles. The minimum absolute atomic E-state index is 0.0197. The van der Waals surface area contributed by atoms with Crippen LogP contribution in [0.4, 0.5) is 33.6 Å². The normalized spacial score (nSPS) is 20.9. The molecule has 1 amide bonds. The number of alkyl halides is 5. The van der Waals surface area contributed by atoms with Gasteiger partial charge in [-0.05, 0) is 25.7 Å². The van der Waals surface area contributed by atoms with Crippen molar-refractivity contribution in [3.8, 4) is 11.5 Å². The van der Waals surface area contributed by atoms with E-state index in [1.54, 1.807) is 7.05 Å². The molecule has 0 spiro atoms. The topological polar surface area (TPSA) is 124 Å². The Morgan fingerprint density at radius 2 is 1.81 bits per heavy atom. The maximum Gasteiger partial charge on any atom is 0.453 e. The molecule has 4 heterocycles. The molecule has 1 unspecified atom stereocenters. The summed E-state index contributed by atoms with van der Waals surface area (Å²) in [5, 5.41) is 7.25. The van der Waals surface area contributed by atoms with Gasteiger partial charge in [0.05, 0.1) is 22.6 Å². The van der Waals surface area contributed by atoms with Crippen molar-refractivity contribution in [2.75, 3.05) is 11.1 Å². The zero-order valence-electron chi connectivity index (χ0n) is 20.2. The SMILES string of the molecule is Cn1ncc2c(-c3nc(N)c4c(n3)NC(=O)C4(C)C3CCCCC3)nc(CCC(F)(F)C(F)(F)F)nc21. The Morgan fingerprint density at radius 3 is 2.49 bits per heavy atom. The molecular weight excluding hydrogens is 499 g/mol. The Bertz CT molecular complexity index is 1380. The number of amides is 1. The van der Waals surface area contributed by atoms with Crippen LogP contribution in [0.3, 0.4) is 0 Å². The number of nitrogens with two attached hydrogens (primary N) is 1. The van der Waals surface area contributed by atoms with Gasteiger partial charge in [-0.25, -0.2) is 19.9 Å². The van der Waals surface area contributed by atoms with Crippen molar-refractivity contribution in [3.63, 3.8) is 0 Å². The Balaban J connectivity index is 1.57. The number of anilines is 2. The summed E-state index contributed by atoms with van der Waals surface area (Å²) in [5.41, 5.74) is 6.25. The predicted molar refractivity (Wildman–Crippen MR) is 124 cm³/mol. The van der Waals surface area contributed by atoms with E-state index < -0.39 is 30.4 Å². The fourth-order valence-corrected chi connectivity index (χ4v) is 5.37. The fraction of sp³-hybridized carbons (Fsp3) is 0.565. The maximum absolute atomic E-state index is 13.6. The average molecular weight is 524 g/mol. The molecule has 14 heteroatoms. The second-order valence-corrected chi connectivity index (χ2v) is 9.84. The third-order valence-electron chi connectivity index (χ3n) is 7.51. The van der Waals surface area contributed by atoms with E-state index in [9.17, 15) is 26.7 Å². The summed E-state index contributed by atoms with van der Waals surface area (Å²) in [4.78, 5) is 30.4. The summed E-state index contributed by atoms with van der Waals surface area (Å²) in [5.74, 6) is -5.02. The Labute approximate surface area is 208 Å². The van der Waals surface area contributed by atoms with Crippen LogP contribution in [0.15, 0.2) is 6.20 Å². The molecule has 1 fully saturated rings. The molecule has 9 nitrogen and oxygen atoms in total. The highest BCUT2D eigenvalue weighted by Gasteiger charge is 2.56. The van der Waals surface area contributed by atoms with E-state index in [0.717, 1.165) is 32.1 Å². The summed E-state index contributed by atoms with van der Waals surface area (Å²) in [6.45, 7) is 1.84. The third kappa shape index (κ3) is 4.06. The summed E-state index contributed by atoms with van der Waals surface area (Å²) < 4.78 is 66.5. The lowest BCUT2D eigenvalue weighted by molar-refractivity contribution is -0.284. The van der Waals surface area contributed by atoms with Gasteiger partial charge in [-0.1, -0.05) is 19.3 Å². The zero-order valence-corrected chi connectivity index (χ0v) is 20.2. The number of halogens is 5. The largest absolute Gasteiger partial charge is 0.453 e. The number of hydrogen-bond acceptors (Lipinski definition) is 7. The van der Waals surface area contributed by atoms with Crippen LogP contribution in [-0.2, 0) is 23.7 Å². The van der Waals surface area contributed by atoms with Crippen LogP contribution in [0.1, 0.15) is 56.8 Å². The number of rotatable bonds is 5. The molecule has 0 radical (unpaired) electrons. The second-order valence-electron chi connectivity index (χ2n) is 9.84. The summed E-state index contributed by atoms with van der Waals surface area (Å²) in [6, 6.07) is 0. The summed E-state index contributed by atoms with van der Waals surface area (Å²) >= 11 is 0. The minimum atomic E-state index is -5.69. The predicted octanol–water partition coefficient (Wildman–Crippen LogP) is 4.32. The summed E-state index contributed by atoms with van der Waals surface area (Å²) in [6.07, 6.45) is -1.67. The highest BCUT2D eigenvalue weighted by atomic mass is 19.4. The molecule has 1 aliphatic heterocycles. The first kappa shape index (κ1) is 25.2. The van der Waals surface area contributed by atoms with Gasteiger partial charge in [0.15, 0.2) is 11.5 Å². The molecule has 1 atom stereocenters. The minimum Gasteiger partial charge on any atom is -0.383 e. The molecule has 3 N–H and O–H groups in total. The number of aryl methyl sites for hydroxylation is 2.